The van der Waals surface area contributed by atoms with Crippen LogP contribution in [0.1, 0.15) is 5.56 Å². The van der Waals surface area contributed by atoms with Crippen molar-refractivity contribution in [3.8, 4) is 0 Å². The SMILES string of the molecule is Nc1cc(CS(=O)c2ccc3ccccc3c2)ccc1Br. The summed E-state index contributed by atoms with van der Waals surface area (Å²) >= 11 is 3.37. The summed E-state index contributed by atoms with van der Waals surface area (Å²) in [5.74, 6) is 0.468. The van der Waals surface area contributed by atoms with Crippen molar-refractivity contribution in [1.82, 2.24) is 0 Å². The van der Waals surface area contributed by atoms with Gasteiger partial charge in [-0.25, -0.2) is 0 Å². The van der Waals surface area contributed by atoms with Crippen molar-refractivity contribution < 1.29 is 4.21 Å². The molecule has 2 N–H and O–H groups in total. The van der Waals surface area contributed by atoms with Crippen LogP contribution in [-0.2, 0) is 16.6 Å². The molecule has 0 radical (unpaired) electrons. The number of nitrogen functional groups attached to an aromatic ring is 1. The van der Waals surface area contributed by atoms with E-state index in [1.165, 1.54) is 0 Å². The second kappa shape index (κ2) is 6.00. The first-order valence-corrected chi connectivity index (χ1v) is 8.66. The second-order valence-electron chi connectivity index (χ2n) is 4.85. The third-order valence-corrected chi connectivity index (χ3v) is 5.44. The van der Waals surface area contributed by atoms with Crippen molar-refractivity contribution >= 4 is 43.2 Å². The maximum atomic E-state index is 12.5. The Morgan fingerprint density at radius 1 is 0.952 bits per heavy atom. The Morgan fingerprint density at radius 3 is 2.48 bits per heavy atom. The Kier molecular flexibility index (Phi) is 4.08. The summed E-state index contributed by atoms with van der Waals surface area (Å²) in [4.78, 5) is 0.843. The average Bonchev–Trinajstić information content (AvgIpc) is 2.50. The highest BCUT2D eigenvalue weighted by atomic mass is 79.9. The second-order valence-corrected chi connectivity index (χ2v) is 7.16. The number of benzene rings is 3. The maximum Gasteiger partial charge on any atom is 0.0574 e. The molecule has 2 nitrogen and oxygen atoms in total. The highest BCUT2D eigenvalue weighted by Gasteiger charge is 2.07. The van der Waals surface area contributed by atoms with E-state index < -0.39 is 10.8 Å². The number of fused-ring (bicyclic) bond motifs is 1. The van der Waals surface area contributed by atoms with Gasteiger partial charge in [0.1, 0.15) is 0 Å². The molecule has 0 fully saturated rings. The molecule has 0 saturated heterocycles. The van der Waals surface area contributed by atoms with Crippen molar-refractivity contribution in [2.45, 2.75) is 10.6 Å². The van der Waals surface area contributed by atoms with Crippen molar-refractivity contribution in [2.75, 3.05) is 5.73 Å². The Balaban J connectivity index is 1.87. The monoisotopic (exact) mass is 359 g/mol. The van der Waals surface area contributed by atoms with Crippen LogP contribution in [0.15, 0.2) is 70.0 Å². The van der Waals surface area contributed by atoms with Crippen LogP contribution in [0.5, 0.6) is 0 Å². The Hall–Kier alpha value is -1.65. The zero-order valence-electron chi connectivity index (χ0n) is 11.3. The summed E-state index contributed by atoms with van der Waals surface area (Å²) in [5.41, 5.74) is 7.51. The zero-order chi connectivity index (χ0) is 14.8. The summed E-state index contributed by atoms with van der Waals surface area (Å²) < 4.78 is 13.4. The predicted molar refractivity (Wildman–Crippen MR) is 92.6 cm³/mol. The number of hydrogen-bond donors (Lipinski definition) is 1. The topological polar surface area (TPSA) is 43.1 Å². The summed E-state index contributed by atoms with van der Waals surface area (Å²) in [7, 11) is -1.08. The molecule has 1 unspecified atom stereocenters. The molecule has 3 aromatic rings. The smallest absolute Gasteiger partial charge is 0.0574 e. The highest BCUT2D eigenvalue weighted by molar-refractivity contribution is 9.10. The fourth-order valence-corrected chi connectivity index (χ4v) is 3.60. The average molecular weight is 360 g/mol. The van der Waals surface area contributed by atoms with Crippen LogP contribution in [0.3, 0.4) is 0 Å². The van der Waals surface area contributed by atoms with Gasteiger partial charge in [-0.1, -0.05) is 36.4 Å². The minimum atomic E-state index is -1.08. The zero-order valence-corrected chi connectivity index (χ0v) is 13.7. The molecule has 0 bridgehead atoms. The summed E-state index contributed by atoms with van der Waals surface area (Å²) in [5, 5.41) is 2.27. The molecule has 3 aromatic carbocycles. The number of rotatable bonds is 3. The molecule has 0 aromatic heterocycles. The Bertz CT molecular complexity index is 832. The number of hydrogen-bond acceptors (Lipinski definition) is 2. The third-order valence-electron chi connectivity index (χ3n) is 3.34. The van der Waals surface area contributed by atoms with Gasteiger partial charge in [-0.2, -0.15) is 0 Å². The molecule has 106 valence electrons. The molecular weight excluding hydrogens is 346 g/mol. The fourth-order valence-electron chi connectivity index (χ4n) is 2.23. The fraction of sp³-hybridized carbons (Fsp3) is 0.0588. The van der Waals surface area contributed by atoms with Gasteiger partial charge < -0.3 is 5.73 Å². The van der Waals surface area contributed by atoms with Gasteiger partial charge >= 0.3 is 0 Å². The minimum Gasteiger partial charge on any atom is -0.398 e. The van der Waals surface area contributed by atoms with E-state index in [1.54, 1.807) is 0 Å². The molecular formula is C17H14BrNOS. The van der Waals surface area contributed by atoms with Crippen molar-refractivity contribution in [1.29, 1.82) is 0 Å². The molecule has 0 aliphatic heterocycles. The van der Waals surface area contributed by atoms with Crippen LogP contribution in [0.4, 0.5) is 5.69 Å². The Labute approximate surface area is 134 Å². The molecule has 0 amide bonds. The van der Waals surface area contributed by atoms with E-state index in [0.717, 1.165) is 25.7 Å². The van der Waals surface area contributed by atoms with E-state index >= 15 is 0 Å². The van der Waals surface area contributed by atoms with E-state index in [4.69, 9.17) is 5.73 Å². The van der Waals surface area contributed by atoms with Crippen LogP contribution in [0.2, 0.25) is 0 Å². The minimum absolute atomic E-state index is 0.468. The van der Waals surface area contributed by atoms with Crippen LogP contribution in [0.25, 0.3) is 10.8 Å². The summed E-state index contributed by atoms with van der Waals surface area (Å²) in [6, 6.07) is 19.7. The lowest BCUT2D eigenvalue weighted by Crippen LogP contribution is -1.98. The molecule has 1 atom stereocenters. The van der Waals surface area contributed by atoms with E-state index in [1.807, 2.05) is 54.6 Å². The normalized spacial score (nSPS) is 12.4. The third kappa shape index (κ3) is 3.17. The van der Waals surface area contributed by atoms with Gasteiger partial charge in [0, 0.05) is 15.1 Å². The van der Waals surface area contributed by atoms with Gasteiger partial charge in [-0.15, -0.1) is 0 Å². The molecule has 4 heteroatoms. The van der Waals surface area contributed by atoms with Crippen molar-refractivity contribution in [3.05, 3.63) is 70.7 Å². The lowest BCUT2D eigenvalue weighted by atomic mass is 10.1. The molecule has 0 saturated carbocycles. The van der Waals surface area contributed by atoms with Gasteiger partial charge in [0.2, 0.25) is 0 Å². The van der Waals surface area contributed by atoms with Gasteiger partial charge in [0.05, 0.1) is 16.6 Å². The highest BCUT2D eigenvalue weighted by Crippen LogP contribution is 2.23. The molecule has 0 aliphatic carbocycles. The van der Waals surface area contributed by atoms with E-state index in [9.17, 15) is 4.21 Å². The van der Waals surface area contributed by atoms with Crippen LogP contribution < -0.4 is 5.73 Å². The number of halogens is 1. The molecule has 0 heterocycles. The standard InChI is InChI=1S/C17H14BrNOS/c18-16-8-5-12(9-17(16)19)11-21(20)15-7-6-13-3-1-2-4-14(13)10-15/h1-10H,11,19H2. The lowest BCUT2D eigenvalue weighted by Gasteiger charge is -2.06. The van der Waals surface area contributed by atoms with Crippen LogP contribution in [0, 0.1) is 0 Å². The molecule has 21 heavy (non-hydrogen) atoms. The van der Waals surface area contributed by atoms with Crippen LogP contribution >= 0.6 is 15.9 Å². The molecule has 0 spiro atoms. The predicted octanol–water partition coefficient (Wildman–Crippen LogP) is 4.49. The number of nitrogens with two attached hydrogens (primary N) is 1. The number of anilines is 1. The Morgan fingerprint density at radius 2 is 1.71 bits per heavy atom. The van der Waals surface area contributed by atoms with Crippen molar-refractivity contribution in [3.63, 3.8) is 0 Å². The molecule has 3 rings (SSSR count). The summed E-state index contributed by atoms with van der Waals surface area (Å²) in [6.45, 7) is 0. The van der Waals surface area contributed by atoms with Gasteiger partial charge in [-0.05, 0) is 56.5 Å². The van der Waals surface area contributed by atoms with E-state index in [-0.39, 0.29) is 0 Å². The largest absolute Gasteiger partial charge is 0.398 e. The summed E-state index contributed by atoms with van der Waals surface area (Å²) in [6.07, 6.45) is 0. The van der Waals surface area contributed by atoms with E-state index in [0.29, 0.717) is 11.4 Å². The maximum absolute atomic E-state index is 12.5. The quantitative estimate of drug-likeness (QED) is 0.700. The molecule has 0 aliphatic rings. The van der Waals surface area contributed by atoms with Gasteiger partial charge in [0.15, 0.2) is 0 Å². The lowest BCUT2D eigenvalue weighted by molar-refractivity contribution is 0.683. The van der Waals surface area contributed by atoms with Gasteiger partial charge in [0.25, 0.3) is 0 Å². The first kappa shape index (κ1) is 14.3. The first-order valence-electron chi connectivity index (χ1n) is 6.54. The van der Waals surface area contributed by atoms with E-state index in [2.05, 4.69) is 22.0 Å². The van der Waals surface area contributed by atoms with Crippen LogP contribution in [-0.4, -0.2) is 4.21 Å². The van der Waals surface area contributed by atoms with Crippen molar-refractivity contribution in [2.24, 2.45) is 0 Å². The van der Waals surface area contributed by atoms with Gasteiger partial charge in [-0.3, -0.25) is 4.21 Å². The first-order chi connectivity index (χ1) is 10.1.